The van der Waals surface area contributed by atoms with Gasteiger partial charge in [0.15, 0.2) is 0 Å². The molecule has 1 amide bonds. The molecule has 1 aromatic rings. The number of carbonyl (C=O) groups is 1. The average Bonchev–Trinajstić information content (AvgIpc) is 2.41. The van der Waals surface area contributed by atoms with E-state index in [0.29, 0.717) is 0 Å². The molecule has 102 valence electrons. The second kappa shape index (κ2) is 4.58. The monoisotopic (exact) mass is 264 g/mol. The maximum atomic E-state index is 13.0. The first-order valence-electron chi connectivity index (χ1n) is 6.52. The standard InChI is InChI=1S/C14H17FN2O2/c1-14-9-16-7-6-12(14)17(13(18)8-19-14)11-4-2-10(15)3-5-11/h2-5,12,16H,6-9H2,1H3/t12-,14-/m1/s1. The fourth-order valence-corrected chi connectivity index (χ4v) is 2.94. The van der Waals surface area contributed by atoms with Gasteiger partial charge in [-0.3, -0.25) is 4.79 Å². The van der Waals surface area contributed by atoms with Crippen molar-refractivity contribution in [2.45, 2.75) is 25.0 Å². The summed E-state index contributed by atoms with van der Waals surface area (Å²) >= 11 is 0. The number of nitrogens with one attached hydrogen (secondary N) is 1. The molecule has 0 bridgehead atoms. The van der Waals surface area contributed by atoms with Gasteiger partial charge >= 0.3 is 0 Å². The van der Waals surface area contributed by atoms with Crippen molar-refractivity contribution in [2.75, 3.05) is 24.6 Å². The maximum Gasteiger partial charge on any atom is 0.253 e. The molecule has 2 saturated heterocycles. The molecular formula is C14H17FN2O2. The Morgan fingerprint density at radius 3 is 2.89 bits per heavy atom. The number of hydrogen-bond donors (Lipinski definition) is 1. The number of halogens is 1. The molecule has 1 aromatic carbocycles. The number of anilines is 1. The van der Waals surface area contributed by atoms with Gasteiger partial charge in [0.2, 0.25) is 0 Å². The van der Waals surface area contributed by atoms with Crippen LogP contribution in [0.5, 0.6) is 0 Å². The number of rotatable bonds is 1. The van der Waals surface area contributed by atoms with Gasteiger partial charge in [-0.25, -0.2) is 4.39 Å². The summed E-state index contributed by atoms with van der Waals surface area (Å²) in [5.74, 6) is -0.353. The summed E-state index contributed by atoms with van der Waals surface area (Å²) in [4.78, 5) is 13.9. The molecule has 2 heterocycles. The van der Waals surface area contributed by atoms with E-state index in [2.05, 4.69) is 5.32 Å². The third-order valence-corrected chi connectivity index (χ3v) is 3.99. The lowest BCUT2D eigenvalue weighted by Gasteiger charge is -2.50. The van der Waals surface area contributed by atoms with Gasteiger partial charge in [-0.05, 0) is 44.2 Å². The third-order valence-electron chi connectivity index (χ3n) is 3.99. The predicted octanol–water partition coefficient (Wildman–Crippen LogP) is 1.31. The Hall–Kier alpha value is -1.46. The van der Waals surface area contributed by atoms with E-state index in [1.807, 2.05) is 6.92 Å². The van der Waals surface area contributed by atoms with E-state index in [9.17, 15) is 9.18 Å². The van der Waals surface area contributed by atoms with Gasteiger partial charge in [0, 0.05) is 12.2 Å². The molecule has 0 saturated carbocycles. The number of nitrogens with zero attached hydrogens (tertiary/aromatic N) is 1. The first kappa shape index (κ1) is 12.6. The molecule has 2 aliphatic rings. The molecule has 1 N–H and O–H groups in total. The van der Waals surface area contributed by atoms with E-state index < -0.39 is 0 Å². The van der Waals surface area contributed by atoms with Gasteiger partial charge in [0.25, 0.3) is 5.91 Å². The van der Waals surface area contributed by atoms with Gasteiger partial charge in [0.05, 0.1) is 11.6 Å². The SMILES string of the molecule is C[C@@]12CNCC[C@H]1N(c1ccc(F)cc1)C(=O)CO2. The minimum atomic E-state index is -0.374. The normalized spacial score (nSPS) is 31.2. The second-order valence-corrected chi connectivity index (χ2v) is 5.32. The number of ether oxygens (including phenoxy) is 1. The number of piperidine rings is 1. The summed E-state index contributed by atoms with van der Waals surface area (Å²) in [6.45, 7) is 3.68. The quantitative estimate of drug-likeness (QED) is 0.831. The highest BCUT2D eigenvalue weighted by Crippen LogP contribution is 2.33. The van der Waals surface area contributed by atoms with Crippen molar-refractivity contribution < 1.29 is 13.9 Å². The van der Waals surface area contributed by atoms with Crippen LogP contribution < -0.4 is 10.2 Å². The van der Waals surface area contributed by atoms with Crippen LogP contribution in [-0.2, 0) is 9.53 Å². The van der Waals surface area contributed by atoms with Gasteiger partial charge < -0.3 is 15.0 Å². The van der Waals surface area contributed by atoms with Gasteiger partial charge in [0.1, 0.15) is 12.4 Å². The van der Waals surface area contributed by atoms with E-state index in [1.54, 1.807) is 17.0 Å². The van der Waals surface area contributed by atoms with Crippen LogP contribution in [0.3, 0.4) is 0 Å². The van der Waals surface area contributed by atoms with Crippen LogP contribution in [0, 0.1) is 5.82 Å². The molecule has 0 unspecified atom stereocenters. The van der Waals surface area contributed by atoms with Crippen molar-refractivity contribution in [3.63, 3.8) is 0 Å². The fourth-order valence-electron chi connectivity index (χ4n) is 2.94. The molecule has 3 rings (SSSR count). The lowest BCUT2D eigenvalue weighted by Crippen LogP contribution is -2.67. The van der Waals surface area contributed by atoms with Crippen LogP contribution in [0.4, 0.5) is 10.1 Å². The predicted molar refractivity (Wildman–Crippen MR) is 69.5 cm³/mol. The zero-order valence-corrected chi connectivity index (χ0v) is 10.9. The van der Waals surface area contributed by atoms with Crippen LogP contribution in [0.1, 0.15) is 13.3 Å². The molecule has 2 aliphatic heterocycles. The maximum absolute atomic E-state index is 13.0. The molecule has 4 nitrogen and oxygen atoms in total. The van der Waals surface area contributed by atoms with Crippen molar-refractivity contribution in [1.82, 2.24) is 5.32 Å². The van der Waals surface area contributed by atoms with Crippen molar-refractivity contribution in [3.05, 3.63) is 30.1 Å². The number of amides is 1. The fraction of sp³-hybridized carbons (Fsp3) is 0.500. The zero-order chi connectivity index (χ0) is 13.5. The van der Waals surface area contributed by atoms with Crippen LogP contribution in [0.15, 0.2) is 24.3 Å². The molecule has 0 aliphatic carbocycles. The van der Waals surface area contributed by atoms with Gasteiger partial charge in [-0.1, -0.05) is 0 Å². The smallest absolute Gasteiger partial charge is 0.253 e. The Kier molecular flexibility index (Phi) is 3.03. The second-order valence-electron chi connectivity index (χ2n) is 5.32. The lowest BCUT2D eigenvalue weighted by molar-refractivity contribution is -0.144. The summed E-state index contributed by atoms with van der Waals surface area (Å²) in [5.41, 5.74) is 0.369. The number of benzene rings is 1. The molecule has 19 heavy (non-hydrogen) atoms. The Morgan fingerprint density at radius 1 is 1.42 bits per heavy atom. The van der Waals surface area contributed by atoms with Crippen LogP contribution >= 0.6 is 0 Å². The van der Waals surface area contributed by atoms with Crippen LogP contribution in [0.25, 0.3) is 0 Å². The number of morpholine rings is 1. The van der Waals surface area contributed by atoms with E-state index >= 15 is 0 Å². The Labute approximate surface area is 111 Å². The van der Waals surface area contributed by atoms with Gasteiger partial charge in [-0.15, -0.1) is 0 Å². The summed E-state index contributed by atoms with van der Waals surface area (Å²) < 4.78 is 18.8. The van der Waals surface area contributed by atoms with Crippen LogP contribution in [0.2, 0.25) is 0 Å². The van der Waals surface area contributed by atoms with E-state index in [0.717, 1.165) is 25.2 Å². The Bertz CT molecular complexity index is 491. The number of hydrogen-bond acceptors (Lipinski definition) is 3. The van der Waals surface area contributed by atoms with Crippen molar-refractivity contribution in [3.8, 4) is 0 Å². The summed E-state index contributed by atoms with van der Waals surface area (Å²) in [6.07, 6.45) is 0.833. The van der Waals surface area contributed by atoms with E-state index in [1.165, 1.54) is 12.1 Å². The number of fused-ring (bicyclic) bond motifs is 1. The summed E-state index contributed by atoms with van der Waals surface area (Å²) in [7, 11) is 0. The average molecular weight is 264 g/mol. The lowest BCUT2D eigenvalue weighted by atomic mass is 9.86. The molecule has 0 aromatic heterocycles. The largest absolute Gasteiger partial charge is 0.362 e. The first-order valence-corrected chi connectivity index (χ1v) is 6.52. The number of carbonyl (C=O) groups excluding carboxylic acids is 1. The van der Waals surface area contributed by atoms with E-state index in [-0.39, 0.29) is 30.0 Å². The van der Waals surface area contributed by atoms with E-state index in [4.69, 9.17) is 4.74 Å². The molecule has 0 spiro atoms. The molecular weight excluding hydrogens is 247 g/mol. The third kappa shape index (κ3) is 2.13. The highest BCUT2D eigenvalue weighted by molar-refractivity contribution is 5.96. The molecule has 0 radical (unpaired) electrons. The Balaban J connectivity index is 1.96. The highest BCUT2D eigenvalue weighted by atomic mass is 19.1. The molecule has 2 fully saturated rings. The summed E-state index contributed by atoms with van der Waals surface area (Å²) in [6, 6.07) is 6.08. The van der Waals surface area contributed by atoms with Crippen molar-refractivity contribution in [2.24, 2.45) is 0 Å². The summed E-state index contributed by atoms with van der Waals surface area (Å²) in [5, 5.41) is 3.30. The van der Waals surface area contributed by atoms with Crippen molar-refractivity contribution in [1.29, 1.82) is 0 Å². The molecule has 5 heteroatoms. The minimum Gasteiger partial charge on any atom is -0.362 e. The Morgan fingerprint density at radius 2 is 2.16 bits per heavy atom. The minimum absolute atomic E-state index is 0.000427. The van der Waals surface area contributed by atoms with Gasteiger partial charge in [-0.2, -0.15) is 0 Å². The highest BCUT2D eigenvalue weighted by Gasteiger charge is 2.47. The zero-order valence-electron chi connectivity index (χ0n) is 10.9. The molecule has 2 atom stereocenters. The first-order chi connectivity index (χ1) is 9.10. The van der Waals surface area contributed by atoms with Crippen molar-refractivity contribution >= 4 is 11.6 Å². The van der Waals surface area contributed by atoms with Crippen LogP contribution in [-0.4, -0.2) is 37.2 Å². The topological polar surface area (TPSA) is 41.6 Å².